The highest BCUT2D eigenvalue weighted by molar-refractivity contribution is 7.53. The first kappa shape index (κ1) is 95.3. The lowest BCUT2D eigenvalue weighted by Crippen LogP contribution is -2.11. The van der Waals surface area contributed by atoms with E-state index in [1.165, 1.54) is 54.4 Å². The minimum absolute atomic E-state index is 0.0364. The maximum absolute atomic E-state index is 13.3. The summed E-state index contributed by atoms with van der Waals surface area (Å²) >= 11 is 0. The van der Waals surface area contributed by atoms with Gasteiger partial charge in [-0.2, -0.15) is 0 Å². The molecule has 0 saturated heterocycles. The average Bonchev–Trinajstić information content (AvgIpc) is 0.807. The predicted octanol–water partition coefficient (Wildman–Crippen LogP) is 29.4. The van der Waals surface area contributed by atoms with Crippen molar-refractivity contribution in [3.05, 3.63) is 296 Å². The third-order valence-corrected chi connectivity index (χ3v) is 24.7. The molecule has 636 valence electrons. The van der Waals surface area contributed by atoms with E-state index in [-0.39, 0.29) is 38.8 Å². The van der Waals surface area contributed by atoms with Crippen molar-refractivity contribution >= 4 is 98.3 Å². The molecule has 14 nitrogen and oxygen atoms in total. The first-order valence-electron chi connectivity index (χ1n) is 42.6. The highest BCUT2D eigenvalue weighted by Crippen LogP contribution is 2.56. The van der Waals surface area contributed by atoms with Gasteiger partial charge in [0.2, 0.25) is 0 Å². The largest absolute Gasteiger partial charge is 0.496 e. The molecular formula is C104H128N2O12P2. The zero-order valence-corrected chi connectivity index (χ0v) is 75.5. The Morgan fingerprint density at radius 3 is 1.02 bits per heavy atom. The molecule has 0 aliphatic heterocycles. The highest BCUT2D eigenvalue weighted by atomic mass is 31.2. The summed E-state index contributed by atoms with van der Waals surface area (Å²) in [6.07, 6.45) is 23.9. The third-order valence-electron chi connectivity index (χ3n) is 20.6. The summed E-state index contributed by atoms with van der Waals surface area (Å²) in [5.74, 6) is 5.30. The molecule has 0 aliphatic rings. The van der Waals surface area contributed by atoms with E-state index in [4.69, 9.17) is 37.0 Å². The van der Waals surface area contributed by atoms with E-state index in [1.807, 2.05) is 36.4 Å². The van der Waals surface area contributed by atoms with E-state index < -0.39 is 15.2 Å². The molecular weight excluding hydrogens is 1530 g/mol. The summed E-state index contributed by atoms with van der Waals surface area (Å²) in [4.78, 5) is 26.3. The first-order valence-corrected chi connectivity index (χ1v) is 46.0. The van der Waals surface area contributed by atoms with Crippen LogP contribution >= 0.6 is 15.2 Å². The quantitative estimate of drug-likeness (QED) is 0.0202. The van der Waals surface area contributed by atoms with E-state index in [2.05, 4.69) is 261 Å². The molecule has 0 amide bonds. The molecule has 16 heteroatoms. The molecule has 0 aromatic heterocycles. The molecule has 0 N–H and O–H groups in total. The van der Waals surface area contributed by atoms with Crippen LogP contribution in [0.4, 0.5) is 34.1 Å². The van der Waals surface area contributed by atoms with Crippen molar-refractivity contribution < 1.29 is 55.8 Å². The maximum Gasteiger partial charge on any atom is 0.335 e. The van der Waals surface area contributed by atoms with Crippen LogP contribution in [0, 0.1) is 51.4 Å². The Bertz CT molecular complexity index is 4900. The number of anilines is 6. The second-order valence-electron chi connectivity index (χ2n) is 31.4. The van der Waals surface area contributed by atoms with E-state index in [9.17, 15) is 18.7 Å². The summed E-state index contributed by atoms with van der Waals surface area (Å²) in [6.45, 7) is 31.5. The number of benzene rings is 10. The second-order valence-corrected chi connectivity index (χ2v) is 35.5. The molecule has 2 unspecified atom stereocenters. The number of hydrogen-bond donors (Lipinski definition) is 0. The van der Waals surface area contributed by atoms with E-state index in [0.717, 1.165) is 117 Å². The van der Waals surface area contributed by atoms with Crippen LogP contribution in [0.1, 0.15) is 208 Å². The van der Waals surface area contributed by atoms with E-state index in [0.29, 0.717) is 64.7 Å². The van der Waals surface area contributed by atoms with Crippen molar-refractivity contribution in [1.82, 2.24) is 0 Å². The van der Waals surface area contributed by atoms with E-state index >= 15 is 0 Å². The van der Waals surface area contributed by atoms with Crippen molar-refractivity contribution in [1.29, 1.82) is 0 Å². The SMILES string of the molecule is CCOP(=O)(Cc1cc(OCCC(C)CCCC(C)C)c(CP(=O)(OCC)OCC)cc1OC)OCC.COc1cc(C=Cc2ccccc2)c(OCCC(C)CCCC(C)C)cc1C=Cc1ccc(N(c2ccc(C=Cc3ccccc3)cc2)c2ccc(C)cc2C)cc1.Cc1ccc(N(c2ccc(C=O)cc2)c2ccc(C=O)cc2)c(C)c1. The fraction of sp³-hybridized carbons (Fsp3) is 0.346. The molecule has 120 heavy (non-hydrogen) atoms. The lowest BCUT2D eigenvalue weighted by atomic mass is 9.97. The van der Waals surface area contributed by atoms with Crippen molar-refractivity contribution in [2.45, 2.75) is 161 Å². The lowest BCUT2D eigenvalue weighted by molar-refractivity contribution is 0.111. The minimum Gasteiger partial charge on any atom is -0.496 e. The highest BCUT2D eigenvalue weighted by Gasteiger charge is 2.31. The van der Waals surface area contributed by atoms with Gasteiger partial charge in [-0.3, -0.25) is 18.7 Å². The van der Waals surface area contributed by atoms with Gasteiger partial charge in [0.05, 0.1) is 66.2 Å². The molecule has 0 heterocycles. The van der Waals surface area contributed by atoms with Gasteiger partial charge in [-0.1, -0.05) is 237 Å². The van der Waals surface area contributed by atoms with Gasteiger partial charge in [-0.05, 0) is 234 Å². The maximum atomic E-state index is 13.3. The standard InChI is InChI=1S/C55H59NO2.C27H50O8P2.C22H19NO2/c1-41(2)14-13-15-42(3)36-37-58-55-40-49(54(57-6)39-50(55)30-23-46-18-11-8-12-19-46)29-24-48-27-33-52(34-28-48)56(53-35-20-43(4)38-44(53)5)51-31-25-47(26-32-51)22-21-45-16-9-7-10-17-45;1-9-32-36(28,33-10-2)20-24-19-27(31-17-16-23(7)15-13-14-22(5)6)25(18-26(24)30-8)21-37(29,34-11-3)35-12-4;1-16-3-12-22(17(2)13-16)23(20-8-4-18(14-24)5-9-20)21-10-6-19(15-25)7-11-21/h7-12,16-35,38-42H,13-15,36-37H2,1-6H3;18-19,22-23H,9-17,20-21H2,1-8H3;3-15H,1-2H3. The fourth-order valence-corrected chi connectivity index (χ4v) is 17.6. The molecule has 10 aromatic carbocycles. The summed E-state index contributed by atoms with van der Waals surface area (Å²) in [6, 6.07) is 74.0. The Morgan fingerprint density at radius 2 is 0.667 bits per heavy atom. The van der Waals surface area contributed by atoms with Gasteiger partial charge in [-0.15, -0.1) is 0 Å². The van der Waals surface area contributed by atoms with Crippen LogP contribution in [0.3, 0.4) is 0 Å². The summed E-state index contributed by atoms with van der Waals surface area (Å²) < 4.78 is 73.1. The summed E-state index contributed by atoms with van der Waals surface area (Å²) in [7, 11) is -3.50. The first-order chi connectivity index (χ1) is 57.9. The predicted molar refractivity (Wildman–Crippen MR) is 503 cm³/mol. The van der Waals surface area contributed by atoms with Crippen molar-refractivity contribution in [2.24, 2.45) is 23.7 Å². The summed E-state index contributed by atoms with van der Waals surface area (Å²) in [5.41, 5.74) is 20.3. The molecule has 0 saturated carbocycles. The van der Waals surface area contributed by atoms with Crippen LogP contribution in [0.15, 0.2) is 218 Å². The van der Waals surface area contributed by atoms with Gasteiger partial charge in [0.15, 0.2) is 0 Å². The Hall–Kier alpha value is -10.1. The lowest BCUT2D eigenvalue weighted by Gasteiger charge is -2.27. The molecule has 0 bridgehead atoms. The number of aldehydes is 2. The molecule has 10 aromatic rings. The van der Waals surface area contributed by atoms with Crippen LogP contribution < -0.4 is 28.7 Å². The third kappa shape index (κ3) is 30.5. The summed E-state index contributed by atoms with van der Waals surface area (Å²) in [5, 5.41) is 0. The van der Waals surface area contributed by atoms with Gasteiger partial charge >= 0.3 is 15.2 Å². The number of carbonyl (C=O) groups excluding carboxylic acids is 2. The molecule has 0 fully saturated rings. The number of aryl methyl sites for hydroxylation is 4. The van der Waals surface area contributed by atoms with E-state index in [1.54, 1.807) is 78.3 Å². The number of rotatable bonds is 44. The number of carbonyl (C=O) groups is 2. The number of ether oxygens (including phenoxy) is 4. The van der Waals surface area contributed by atoms with Crippen LogP contribution in [-0.4, -0.2) is 66.4 Å². The molecule has 0 spiro atoms. The Kier molecular flexibility index (Phi) is 39.4. The Balaban J connectivity index is 0.000000246. The minimum atomic E-state index is -3.39. The van der Waals surface area contributed by atoms with Crippen molar-refractivity contribution in [3.63, 3.8) is 0 Å². The smallest absolute Gasteiger partial charge is 0.335 e. The van der Waals surface area contributed by atoms with Gasteiger partial charge in [-0.25, -0.2) is 0 Å². The number of nitrogens with zero attached hydrogens (tertiary/aromatic N) is 2. The molecule has 0 radical (unpaired) electrons. The molecule has 2 atom stereocenters. The Morgan fingerprint density at radius 1 is 0.342 bits per heavy atom. The zero-order chi connectivity index (χ0) is 86.4. The van der Waals surface area contributed by atoms with Gasteiger partial charge in [0, 0.05) is 67.5 Å². The van der Waals surface area contributed by atoms with Gasteiger partial charge in [0.25, 0.3) is 0 Å². The van der Waals surface area contributed by atoms with Crippen LogP contribution in [0.5, 0.6) is 23.0 Å². The molecule has 0 aliphatic carbocycles. The van der Waals surface area contributed by atoms with Crippen LogP contribution in [-0.2, 0) is 39.5 Å². The normalized spacial score (nSPS) is 12.1. The zero-order valence-electron chi connectivity index (χ0n) is 73.7. The molecule has 10 rings (SSSR count). The number of methoxy groups -OCH3 is 2. The van der Waals surface area contributed by atoms with Gasteiger partial charge < -0.3 is 46.8 Å². The topological polar surface area (TPSA) is 149 Å². The second kappa shape index (κ2) is 49.6. The van der Waals surface area contributed by atoms with Gasteiger partial charge in [0.1, 0.15) is 35.6 Å². The monoisotopic (exact) mass is 1660 g/mol. The van der Waals surface area contributed by atoms with Crippen LogP contribution in [0.2, 0.25) is 0 Å². The van der Waals surface area contributed by atoms with Crippen molar-refractivity contribution in [2.75, 3.05) is 63.7 Å². The van der Waals surface area contributed by atoms with Crippen molar-refractivity contribution in [3.8, 4) is 23.0 Å². The fourth-order valence-electron chi connectivity index (χ4n) is 14.1. The van der Waals surface area contributed by atoms with Crippen LogP contribution in [0.25, 0.3) is 36.5 Å². The number of hydrogen-bond acceptors (Lipinski definition) is 14. The average molecular weight is 1660 g/mol. The Labute approximate surface area is 717 Å².